The highest BCUT2D eigenvalue weighted by molar-refractivity contribution is 7.25. The van der Waals surface area contributed by atoms with Gasteiger partial charge in [0.05, 0.1) is 44.1 Å². The lowest BCUT2D eigenvalue weighted by molar-refractivity contribution is 0.610. The summed E-state index contributed by atoms with van der Waals surface area (Å²) in [5.74, 6) is 1.42. The molecule has 1 aliphatic carbocycles. The van der Waals surface area contributed by atoms with Gasteiger partial charge in [-0.2, -0.15) is 4.99 Å². The van der Waals surface area contributed by atoms with Gasteiger partial charge in [-0.05, 0) is 137 Å². The predicted octanol–water partition coefficient (Wildman–Crippen LogP) is 21.5. The molecule has 87 heavy (non-hydrogen) atoms. The van der Waals surface area contributed by atoms with Gasteiger partial charge in [-0.25, -0.2) is 4.99 Å². The number of fused-ring (bicyclic) bond motifs is 19. The Balaban J connectivity index is 0.872. The van der Waals surface area contributed by atoms with Crippen molar-refractivity contribution in [1.82, 2.24) is 18.3 Å². The second-order valence-corrected chi connectivity index (χ2v) is 25.1. The summed E-state index contributed by atoms with van der Waals surface area (Å²) in [4.78, 5) is 11.9. The number of aromatic nitrogens is 4. The number of rotatable bonds is 5. The van der Waals surface area contributed by atoms with Crippen LogP contribution < -0.4 is 0 Å². The fourth-order valence-corrected chi connectivity index (χ4v) is 16.2. The Morgan fingerprint density at radius 2 is 0.908 bits per heavy atom. The molecule has 1 atom stereocenters. The van der Waals surface area contributed by atoms with Crippen LogP contribution in [0, 0.1) is 0 Å². The van der Waals surface area contributed by atoms with Crippen LogP contribution in [-0.2, 0) is 5.41 Å². The van der Waals surface area contributed by atoms with Crippen LogP contribution in [0.2, 0.25) is 0 Å². The molecule has 1 aliphatic rings. The van der Waals surface area contributed by atoms with E-state index in [2.05, 4.69) is 307 Å². The van der Waals surface area contributed by atoms with Crippen molar-refractivity contribution in [3.8, 4) is 39.1 Å². The van der Waals surface area contributed by atoms with Crippen molar-refractivity contribution in [1.29, 1.82) is 0 Å². The van der Waals surface area contributed by atoms with Crippen LogP contribution in [0.3, 0.4) is 0 Å². The minimum Gasteiger partial charge on any atom is -0.318 e. The highest BCUT2D eigenvalue weighted by atomic mass is 32.1. The van der Waals surface area contributed by atoms with Crippen molar-refractivity contribution in [2.75, 3.05) is 0 Å². The number of thiophene rings is 1. The number of benzene rings is 12. The maximum absolute atomic E-state index is 6.00. The van der Waals surface area contributed by atoms with E-state index in [1.54, 1.807) is 0 Å². The van der Waals surface area contributed by atoms with Crippen LogP contribution in [0.5, 0.6) is 0 Å². The molecule has 18 rings (SSSR count). The summed E-state index contributed by atoms with van der Waals surface area (Å²) in [6, 6.07) is 96.1. The summed E-state index contributed by atoms with van der Waals surface area (Å²) in [5.41, 5.74) is 19.8. The van der Waals surface area contributed by atoms with Crippen molar-refractivity contribution >= 4 is 131 Å². The normalized spacial score (nSPS) is 13.9. The van der Waals surface area contributed by atoms with E-state index in [-0.39, 0.29) is 5.41 Å². The fourth-order valence-electron chi connectivity index (χ4n) is 15.1. The van der Waals surface area contributed by atoms with Crippen molar-refractivity contribution in [3.05, 3.63) is 272 Å². The van der Waals surface area contributed by atoms with Crippen molar-refractivity contribution < 1.29 is 0 Å². The second-order valence-electron chi connectivity index (χ2n) is 24.1. The standard InChI is InChI=1S/C80H56N6S/c1-48(83-70-32-18-12-27-64(70)77-72(83)43-41-63-55-22-8-14-28-66(55)80(3,4)78(63)77)81-79(82-49(2)84-67-29-15-9-23-56(67)59-38-35-52(45-73(59)84)53-36-40-62-61-26-13-19-33-75(61)87-76(62)47-53)86-69-31-17-10-24-57(69)60-39-34-51(46-74(60)86)50-37-42-71-65(44-50)58-25-11-16-30-68(58)85(71)54-20-6-5-7-21-54/h5-47,49H,1-4H3/b81-48+,82-79+. The molecule has 0 N–H and O–H groups in total. The molecule has 412 valence electrons. The molecule has 1 unspecified atom stereocenters. The Morgan fingerprint density at radius 1 is 0.391 bits per heavy atom. The SMILES string of the molecule is C/C(=N\C(=N/C(C)n1c2ccccc2c2ccc(-c3ccc4c(c3)sc3ccccc34)cc21)n1c2ccccc2c2ccc(-c3ccc4c(c3)c3ccccc3n4-c3ccccc3)cc21)n1c2ccccc2c2c3c(ccc21)-c1ccccc1C3(C)C. The fraction of sp³-hybridized carbons (Fsp3) is 0.0750. The van der Waals surface area contributed by atoms with Gasteiger partial charge in [-0.1, -0.05) is 196 Å². The lowest BCUT2D eigenvalue weighted by atomic mass is 9.80. The number of hydrogen-bond donors (Lipinski definition) is 0. The lowest BCUT2D eigenvalue weighted by Gasteiger charge is -2.22. The first-order valence-corrected chi connectivity index (χ1v) is 30.9. The Kier molecular flexibility index (Phi) is 10.7. The first kappa shape index (κ1) is 49.8. The molecule has 0 radical (unpaired) electrons. The van der Waals surface area contributed by atoms with Crippen LogP contribution in [0.4, 0.5) is 0 Å². The minimum absolute atomic E-state index is 0.217. The molecule has 17 aromatic rings. The Morgan fingerprint density at radius 3 is 1.68 bits per heavy atom. The van der Waals surface area contributed by atoms with Gasteiger partial charge in [-0.3, -0.25) is 9.13 Å². The van der Waals surface area contributed by atoms with E-state index >= 15 is 0 Å². The topological polar surface area (TPSA) is 44.4 Å². The highest BCUT2D eigenvalue weighted by Crippen LogP contribution is 2.53. The van der Waals surface area contributed by atoms with E-state index in [1.165, 1.54) is 91.3 Å². The molecule has 5 aromatic heterocycles. The predicted molar refractivity (Wildman–Crippen MR) is 370 cm³/mol. The molecule has 0 saturated carbocycles. The number of aliphatic imine (C=N–C) groups is 2. The zero-order valence-electron chi connectivity index (χ0n) is 48.5. The van der Waals surface area contributed by atoms with Gasteiger partial charge in [0.25, 0.3) is 0 Å². The molecule has 0 fully saturated rings. The molecular formula is C80H56N6S. The third-order valence-corrected chi connectivity index (χ3v) is 20.1. The van der Waals surface area contributed by atoms with Gasteiger partial charge in [-0.15, -0.1) is 11.3 Å². The molecule has 0 saturated heterocycles. The van der Waals surface area contributed by atoms with Crippen LogP contribution in [0.1, 0.15) is 45.0 Å². The van der Waals surface area contributed by atoms with E-state index in [1.807, 2.05) is 11.3 Å². The van der Waals surface area contributed by atoms with E-state index in [4.69, 9.17) is 9.98 Å². The van der Waals surface area contributed by atoms with E-state index in [0.717, 1.165) is 72.1 Å². The van der Waals surface area contributed by atoms with Crippen LogP contribution in [0.25, 0.3) is 146 Å². The summed E-state index contributed by atoms with van der Waals surface area (Å²) in [6.45, 7) is 9.17. The summed E-state index contributed by atoms with van der Waals surface area (Å²) in [7, 11) is 0. The minimum atomic E-state index is -0.413. The molecule has 0 aliphatic heterocycles. The first-order chi connectivity index (χ1) is 42.7. The third-order valence-electron chi connectivity index (χ3n) is 18.9. The Bertz CT molecular complexity index is 5840. The number of para-hydroxylation sites is 5. The number of hydrogen-bond acceptors (Lipinski definition) is 2. The smallest absolute Gasteiger partial charge is 0.233 e. The largest absolute Gasteiger partial charge is 0.318 e. The summed E-state index contributed by atoms with van der Waals surface area (Å²) < 4.78 is 12.1. The summed E-state index contributed by atoms with van der Waals surface area (Å²) in [6.07, 6.45) is -0.413. The van der Waals surface area contributed by atoms with Gasteiger partial charge < -0.3 is 9.13 Å². The van der Waals surface area contributed by atoms with Gasteiger partial charge in [0.1, 0.15) is 12.0 Å². The van der Waals surface area contributed by atoms with E-state index in [0.29, 0.717) is 5.96 Å². The lowest BCUT2D eigenvalue weighted by Crippen LogP contribution is -2.18. The first-order valence-electron chi connectivity index (χ1n) is 30.1. The van der Waals surface area contributed by atoms with Crippen LogP contribution >= 0.6 is 11.3 Å². The molecule has 5 heterocycles. The molecule has 7 heteroatoms. The molecule has 6 nitrogen and oxygen atoms in total. The molecule has 0 bridgehead atoms. The van der Waals surface area contributed by atoms with Gasteiger partial charge >= 0.3 is 0 Å². The molecule has 12 aromatic carbocycles. The second kappa shape index (κ2) is 18.7. The van der Waals surface area contributed by atoms with Crippen molar-refractivity contribution in [2.45, 2.75) is 39.3 Å². The van der Waals surface area contributed by atoms with Crippen molar-refractivity contribution in [3.63, 3.8) is 0 Å². The average molecular weight is 1130 g/mol. The van der Waals surface area contributed by atoms with Crippen molar-refractivity contribution in [2.24, 2.45) is 9.98 Å². The number of nitrogens with zero attached hydrogens (tertiary/aromatic N) is 6. The molecule has 0 spiro atoms. The Labute approximate surface area is 506 Å². The van der Waals surface area contributed by atoms with Gasteiger partial charge in [0.15, 0.2) is 0 Å². The third kappa shape index (κ3) is 7.27. The summed E-state index contributed by atoms with van der Waals surface area (Å²) >= 11 is 1.86. The quantitative estimate of drug-likeness (QED) is 0.122. The monoisotopic (exact) mass is 1130 g/mol. The van der Waals surface area contributed by atoms with Crippen LogP contribution in [-0.4, -0.2) is 30.1 Å². The summed E-state index contributed by atoms with van der Waals surface area (Å²) in [5, 5.41) is 12.2. The van der Waals surface area contributed by atoms with Crippen LogP contribution in [0.15, 0.2) is 271 Å². The molecular weight excluding hydrogens is 1080 g/mol. The van der Waals surface area contributed by atoms with Gasteiger partial charge in [0.2, 0.25) is 5.96 Å². The maximum atomic E-state index is 6.00. The zero-order valence-corrected chi connectivity index (χ0v) is 49.3. The van der Waals surface area contributed by atoms with Gasteiger partial charge in [0, 0.05) is 74.4 Å². The van der Waals surface area contributed by atoms with E-state index < -0.39 is 6.17 Å². The Hall–Kier alpha value is -10.6. The highest BCUT2D eigenvalue weighted by Gasteiger charge is 2.38. The molecule has 0 amide bonds. The maximum Gasteiger partial charge on any atom is 0.233 e. The van der Waals surface area contributed by atoms with E-state index in [9.17, 15) is 0 Å². The zero-order chi connectivity index (χ0) is 57.8. The average Bonchev–Trinajstić information content (AvgIpc) is 1.63.